The number of nitrogens with one attached hydrogen (secondary N) is 2. The van der Waals surface area contributed by atoms with Gasteiger partial charge < -0.3 is 30.9 Å². The molecule has 1 aliphatic rings. The summed E-state index contributed by atoms with van der Waals surface area (Å²) in [4.78, 5) is 28.5. The molecule has 2 heterocycles. The number of aromatic nitrogens is 3. The molecular weight excluding hydrogens is 384 g/mol. The SMILES string of the molecule is C=CC(=O)Nc1cc(Nc2ncnc(N)n2)c(OC)cc1N1CCC[C@@H]1CN(C)C. The number of nitrogen functional groups attached to an aromatic ring is 1. The van der Waals surface area contributed by atoms with Gasteiger partial charge in [0.2, 0.25) is 17.8 Å². The Balaban J connectivity index is 2.02. The molecule has 0 spiro atoms. The number of nitrogens with zero attached hydrogens (tertiary/aromatic N) is 5. The van der Waals surface area contributed by atoms with Crippen LogP contribution in [0.15, 0.2) is 31.1 Å². The first-order valence-electron chi connectivity index (χ1n) is 9.69. The first kappa shape index (κ1) is 21.3. The van der Waals surface area contributed by atoms with Crippen LogP contribution in [0.2, 0.25) is 0 Å². The van der Waals surface area contributed by atoms with Gasteiger partial charge in [-0.15, -0.1) is 0 Å². The van der Waals surface area contributed by atoms with Crippen LogP contribution in [0.3, 0.4) is 0 Å². The van der Waals surface area contributed by atoms with Gasteiger partial charge >= 0.3 is 0 Å². The predicted molar refractivity (Wildman–Crippen MR) is 118 cm³/mol. The van der Waals surface area contributed by atoms with Gasteiger partial charge in [0.15, 0.2) is 0 Å². The highest BCUT2D eigenvalue weighted by atomic mass is 16.5. The third-order valence-corrected chi connectivity index (χ3v) is 4.86. The molecule has 30 heavy (non-hydrogen) atoms. The highest BCUT2D eigenvalue weighted by Gasteiger charge is 2.28. The molecule has 4 N–H and O–H groups in total. The first-order chi connectivity index (χ1) is 14.4. The third kappa shape index (κ3) is 4.95. The minimum atomic E-state index is -0.292. The zero-order chi connectivity index (χ0) is 21.7. The molecule has 2 aromatic rings. The molecule has 1 atom stereocenters. The number of ether oxygens (including phenoxy) is 1. The predicted octanol–water partition coefficient (Wildman–Crippen LogP) is 1.86. The normalized spacial score (nSPS) is 15.9. The van der Waals surface area contributed by atoms with E-state index in [4.69, 9.17) is 10.5 Å². The Morgan fingerprint density at radius 1 is 1.40 bits per heavy atom. The molecule has 160 valence electrons. The van der Waals surface area contributed by atoms with Gasteiger partial charge in [-0.05, 0) is 39.1 Å². The zero-order valence-corrected chi connectivity index (χ0v) is 17.6. The quantitative estimate of drug-likeness (QED) is 0.558. The van der Waals surface area contributed by atoms with Crippen molar-refractivity contribution in [3.05, 3.63) is 31.1 Å². The van der Waals surface area contributed by atoms with Crippen molar-refractivity contribution < 1.29 is 9.53 Å². The van der Waals surface area contributed by atoms with E-state index in [0.29, 0.717) is 23.2 Å². The fourth-order valence-electron chi connectivity index (χ4n) is 3.61. The monoisotopic (exact) mass is 412 g/mol. The van der Waals surface area contributed by atoms with Crippen LogP contribution >= 0.6 is 0 Å². The summed E-state index contributed by atoms with van der Waals surface area (Å²) in [5.41, 5.74) is 7.78. The minimum absolute atomic E-state index is 0.104. The molecule has 0 radical (unpaired) electrons. The summed E-state index contributed by atoms with van der Waals surface area (Å²) in [6.07, 6.45) is 4.73. The average molecular weight is 412 g/mol. The van der Waals surface area contributed by atoms with Crippen molar-refractivity contribution in [1.29, 1.82) is 0 Å². The van der Waals surface area contributed by atoms with Crippen molar-refractivity contribution >= 4 is 34.9 Å². The Morgan fingerprint density at radius 2 is 2.20 bits per heavy atom. The number of benzene rings is 1. The summed E-state index contributed by atoms with van der Waals surface area (Å²) in [5, 5.41) is 6.00. The summed E-state index contributed by atoms with van der Waals surface area (Å²) in [5.74, 6) is 0.685. The van der Waals surface area contributed by atoms with E-state index in [-0.39, 0.29) is 17.8 Å². The van der Waals surface area contributed by atoms with Crippen LogP contribution in [0, 0.1) is 0 Å². The number of likely N-dealkylation sites (N-methyl/N-ethyl adjacent to an activating group) is 1. The first-order valence-corrected chi connectivity index (χ1v) is 9.69. The van der Waals surface area contributed by atoms with Crippen LogP contribution in [0.25, 0.3) is 0 Å². The highest BCUT2D eigenvalue weighted by Crippen LogP contribution is 2.40. The van der Waals surface area contributed by atoms with Crippen molar-refractivity contribution in [2.75, 3.05) is 55.6 Å². The smallest absolute Gasteiger partial charge is 0.247 e. The molecular formula is C20H28N8O2. The molecule has 1 aromatic carbocycles. The van der Waals surface area contributed by atoms with E-state index in [1.54, 1.807) is 13.2 Å². The lowest BCUT2D eigenvalue weighted by atomic mass is 10.1. The molecule has 1 amide bonds. The van der Waals surface area contributed by atoms with E-state index in [1.165, 1.54) is 12.4 Å². The second-order valence-electron chi connectivity index (χ2n) is 7.31. The van der Waals surface area contributed by atoms with Crippen molar-refractivity contribution in [1.82, 2.24) is 19.9 Å². The summed E-state index contributed by atoms with van der Waals surface area (Å²) in [6.45, 7) is 5.37. The van der Waals surface area contributed by atoms with E-state index in [0.717, 1.165) is 31.6 Å². The van der Waals surface area contributed by atoms with Gasteiger partial charge in [0.1, 0.15) is 12.1 Å². The minimum Gasteiger partial charge on any atom is -0.494 e. The van der Waals surface area contributed by atoms with E-state index in [2.05, 4.69) is 56.1 Å². The molecule has 10 heteroatoms. The summed E-state index contributed by atoms with van der Waals surface area (Å²) >= 11 is 0. The van der Waals surface area contributed by atoms with Crippen LogP contribution in [0.4, 0.5) is 29.0 Å². The van der Waals surface area contributed by atoms with E-state index < -0.39 is 0 Å². The van der Waals surface area contributed by atoms with Crippen molar-refractivity contribution in [2.24, 2.45) is 0 Å². The van der Waals surface area contributed by atoms with Gasteiger partial charge in [0, 0.05) is 25.2 Å². The maximum absolute atomic E-state index is 12.1. The molecule has 3 rings (SSSR count). The van der Waals surface area contributed by atoms with E-state index in [9.17, 15) is 4.79 Å². The van der Waals surface area contributed by atoms with Gasteiger partial charge in [0.05, 0.1) is 24.2 Å². The lowest BCUT2D eigenvalue weighted by Gasteiger charge is -2.31. The molecule has 1 fully saturated rings. The van der Waals surface area contributed by atoms with Gasteiger partial charge in [-0.2, -0.15) is 4.98 Å². The summed E-state index contributed by atoms with van der Waals surface area (Å²) < 4.78 is 5.62. The number of nitrogens with two attached hydrogens (primary N) is 1. The zero-order valence-electron chi connectivity index (χ0n) is 17.6. The molecule has 0 aliphatic carbocycles. The van der Waals surface area contributed by atoms with Gasteiger partial charge in [-0.1, -0.05) is 6.58 Å². The van der Waals surface area contributed by atoms with E-state index >= 15 is 0 Å². The van der Waals surface area contributed by atoms with E-state index in [1.807, 2.05) is 6.07 Å². The lowest BCUT2D eigenvalue weighted by molar-refractivity contribution is -0.111. The van der Waals surface area contributed by atoms with Crippen molar-refractivity contribution in [3.63, 3.8) is 0 Å². The highest BCUT2D eigenvalue weighted by molar-refractivity contribution is 6.02. The van der Waals surface area contributed by atoms with Gasteiger partial charge in [-0.25, -0.2) is 9.97 Å². The second kappa shape index (κ2) is 9.40. The molecule has 1 saturated heterocycles. The fraction of sp³-hybridized carbons (Fsp3) is 0.400. The Kier molecular flexibility index (Phi) is 6.68. The number of hydrogen-bond acceptors (Lipinski definition) is 9. The average Bonchev–Trinajstić information content (AvgIpc) is 3.15. The lowest BCUT2D eigenvalue weighted by Crippen LogP contribution is -2.38. The Bertz CT molecular complexity index is 918. The maximum Gasteiger partial charge on any atom is 0.247 e. The topological polar surface area (TPSA) is 122 Å². The number of carbonyl (C=O) groups excluding carboxylic acids is 1. The summed E-state index contributed by atoms with van der Waals surface area (Å²) in [6, 6.07) is 4.06. The molecule has 0 unspecified atom stereocenters. The van der Waals surface area contributed by atoms with Crippen LogP contribution in [0.5, 0.6) is 5.75 Å². The number of amides is 1. The van der Waals surface area contributed by atoms with Crippen molar-refractivity contribution in [3.8, 4) is 5.75 Å². The Morgan fingerprint density at radius 3 is 2.87 bits per heavy atom. The molecule has 0 bridgehead atoms. The Labute approximate surface area is 176 Å². The van der Waals surface area contributed by atoms with Crippen molar-refractivity contribution in [2.45, 2.75) is 18.9 Å². The largest absolute Gasteiger partial charge is 0.494 e. The molecule has 1 aliphatic heterocycles. The van der Waals surface area contributed by atoms with Crippen LogP contribution in [0.1, 0.15) is 12.8 Å². The maximum atomic E-state index is 12.1. The second-order valence-corrected chi connectivity index (χ2v) is 7.31. The third-order valence-electron chi connectivity index (χ3n) is 4.86. The Hall–Kier alpha value is -3.40. The number of carbonyl (C=O) groups is 1. The van der Waals surface area contributed by atoms with Crippen LogP contribution in [-0.2, 0) is 4.79 Å². The van der Waals surface area contributed by atoms with Crippen LogP contribution in [-0.4, -0.2) is 66.1 Å². The number of rotatable bonds is 8. The summed E-state index contributed by atoms with van der Waals surface area (Å²) in [7, 11) is 5.71. The number of anilines is 5. The van der Waals surface area contributed by atoms with Gasteiger partial charge in [-0.3, -0.25) is 4.79 Å². The fourth-order valence-corrected chi connectivity index (χ4v) is 3.61. The number of hydrogen-bond donors (Lipinski definition) is 3. The molecule has 1 aromatic heterocycles. The number of methoxy groups -OCH3 is 1. The molecule has 0 saturated carbocycles. The van der Waals surface area contributed by atoms with Gasteiger partial charge in [0.25, 0.3) is 0 Å². The van der Waals surface area contributed by atoms with Crippen LogP contribution < -0.4 is 26.0 Å². The standard InChI is InChI=1S/C20H28N8O2/c1-5-18(29)24-14-9-15(25-20-23-12-22-19(21)26-20)17(30-4)10-16(14)28-8-6-7-13(28)11-27(2)3/h5,9-10,12-13H,1,6-8,11H2,2-4H3,(H,24,29)(H3,21,22,23,25,26)/t13-/m1/s1. The molecule has 10 nitrogen and oxygen atoms in total.